The Morgan fingerprint density at radius 2 is 2.11 bits per heavy atom. The van der Waals surface area contributed by atoms with Gasteiger partial charge in [0.25, 0.3) is 0 Å². The molecule has 1 aromatic carbocycles. The van der Waals surface area contributed by atoms with E-state index in [0.29, 0.717) is 0 Å². The number of hydrogen-bond donors (Lipinski definition) is 0. The molecule has 0 radical (unpaired) electrons. The van der Waals surface area contributed by atoms with E-state index in [1.54, 1.807) is 6.92 Å². The number of esters is 1. The van der Waals surface area contributed by atoms with Gasteiger partial charge in [-0.2, -0.15) is 5.26 Å². The minimum absolute atomic E-state index is 0.0825. The second kappa shape index (κ2) is 5.80. The van der Waals surface area contributed by atoms with Crippen molar-refractivity contribution in [1.82, 2.24) is 0 Å². The Morgan fingerprint density at radius 1 is 1.47 bits per heavy atom. The zero-order valence-corrected chi connectivity index (χ0v) is 10.3. The summed E-state index contributed by atoms with van der Waals surface area (Å²) >= 11 is 5.58. The van der Waals surface area contributed by atoms with Crippen molar-refractivity contribution < 1.29 is 27.4 Å². The van der Waals surface area contributed by atoms with E-state index in [2.05, 4.69) is 9.47 Å². The molecule has 0 amide bonds. The average molecular weight is 294 g/mol. The van der Waals surface area contributed by atoms with Gasteiger partial charge in [-0.05, 0) is 19.1 Å². The molecule has 1 aromatic rings. The van der Waals surface area contributed by atoms with Crippen LogP contribution in [0, 0.1) is 11.3 Å². The van der Waals surface area contributed by atoms with Crippen LogP contribution in [-0.2, 0) is 4.74 Å². The Hall–Kier alpha value is -1.94. The molecule has 4 nitrogen and oxygen atoms in total. The van der Waals surface area contributed by atoms with E-state index in [1.165, 1.54) is 6.07 Å². The predicted octanol–water partition coefficient (Wildman–Crippen LogP) is 3.29. The van der Waals surface area contributed by atoms with Gasteiger partial charge in [-0.1, -0.05) is 11.6 Å². The van der Waals surface area contributed by atoms with Crippen molar-refractivity contribution >= 4 is 17.6 Å². The van der Waals surface area contributed by atoms with Crippen LogP contribution in [0.25, 0.3) is 0 Å². The number of ether oxygens (including phenoxy) is 2. The van der Waals surface area contributed by atoms with E-state index in [9.17, 15) is 18.0 Å². The lowest BCUT2D eigenvalue weighted by Gasteiger charge is -2.12. The number of nitrogens with zero attached hydrogens (tertiary/aromatic N) is 1. The molecule has 0 aromatic heterocycles. The smallest absolute Gasteiger partial charge is 0.462 e. The third-order valence-corrected chi connectivity index (χ3v) is 2.17. The molecule has 102 valence electrons. The quantitative estimate of drug-likeness (QED) is 0.802. The van der Waals surface area contributed by atoms with Crippen molar-refractivity contribution in [1.29, 1.82) is 5.26 Å². The Bertz CT molecular complexity index is 537. The van der Waals surface area contributed by atoms with E-state index >= 15 is 0 Å². The second-order valence-electron chi connectivity index (χ2n) is 3.21. The molecule has 0 aliphatic carbocycles. The molecule has 0 saturated carbocycles. The fraction of sp³-hybridized carbons (Fsp3) is 0.273. The number of nitriles is 1. The molecule has 0 aliphatic rings. The van der Waals surface area contributed by atoms with Crippen LogP contribution < -0.4 is 4.74 Å². The Morgan fingerprint density at radius 3 is 2.58 bits per heavy atom. The lowest BCUT2D eigenvalue weighted by molar-refractivity contribution is -0.274. The highest BCUT2D eigenvalue weighted by Crippen LogP contribution is 2.34. The second-order valence-corrected chi connectivity index (χ2v) is 3.62. The summed E-state index contributed by atoms with van der Waals surface area (Å²) < 4.78 is 44.7. The summed E-state index contributed by atoms with van der Waals surface area (Å²) in [6, 6.07) is 3.35. The van der Waals surface area contributed by atoms with Crippen LogP contribution in [0.1, 0.15) is 22.8 Å². The molecular weight excluding hydrogens is 287 g/mol. The maximum absolute atomic E-state index is 12.1. The monoisotopic (exact) mass is 293 g/mol. The van der Waals surface area contributed by atoms with Crippen molar-refractivity contribution in [2.24, 2.45) is 0 Å². The molecule has 0 unspecified atom stereocenters. The van der Waals surface area contributed by atoms with E-state index < -0.39 is 28.7 Å². The summed E-state index contributed by atoms with van der Waals surface area (Å²) in [7, 11) is 0. The van der Waals surface area contributed by atoms with Gasteiger partial charge < -0.3 is 9.47 Å². The van der Waals surface area contributed by atoms with Crippen molar-refractivity contribution in [3.8, 4) is 11.8 Å². The molecule has 0 fully saturated rings. The largest absolute Gasteiger partial charge is 0.573 e. The summed E-state index contributed by atoms with van der Waals surface area (Å²) in [5.74, 6) is -1.64. The van der Waals surface area contributed by atoms with Gasteiger partial charge in [0.2, 0.25) is 0 Å². The average Bonchev–Trinajstić information content (AvgIpc) is 2.30. The van der Waals surface area contributed by atoms with Gasteiger partial charge in [0, 0.05) is 0 Å². The molecule has 0 saturated heterocycles. The number of carbonyl (C=O) groups is 1. The molecule has 19 heavy (non-hydrogen) atoms. The topological polar surface area (TPSA) is 59.3 Å². The highest BCUT2D eigenvalue weighted by molar-refractivity contribution is 6.32. The van der Waals surface area contributed by atoms with Gasteiger partial charge in [-0.3, -0.25) is 0 Å². The number of carbonyl (C=O) groups excluding carboxylic acids is 1. The maximum atomic E-state index is 12.1. The summed E-state index contributed by atoms with van der Waals surface area (Å²) in [6.45, 7) is 1.64. The fourth-order valence-electron chi connectivity index (χ4n) is 1.23. The first-order chi connectivity index (χ1) is 8.78. The highest BCUT2D eigenvalue weighted by Gasteiger charge is 2.33. The predicted molar refractivity (Wildman–Crippen MR) is 58.8 cm³/mol. The zero-order valence-electron chi connectivity index (χ0n) is 9.55. The maximum Gasteiger partial charge on any atom is 0.573 e. The van der Waals surface area contributed by atoms with Crippen molar-refractivity contribution in [2.75, 3.05) is 6.61 Å². The zero-order chi connectivity index (χ0) is 14.6. The van der Waals surface area contributed by atoms with Gasteiger partial charge in [0.15, 0.2) is 5.75 Å². The summed E-state index contributed by atoms with van der Waals surface area (Å²) in [5.41, 5.74) is -0.634. The molecule has 8 heteroatoms. The van der Waals surface area contributed by atoms with E-state index in [0.717, 1.165) is 12.1 Å². The van der Waals surface area contributed by atoms with Crippen molar-refractivity contribution in [3.63, 3.8) is 0 Å². The first-order valence-corrected chi connectivity index (χ1v) is 5.32. The molecular formula is C11H7ClF3NO3. The molecule has 0 spiro atoms. The Balaban J connectivity index is 3.23. The first-order valence-electron chi connectivity index (χ1n) is 4.95. The Kier molecular flexibility index (Phi) is 4.62. The molecule has 0 atom stereocenters. The van der Waals surface area contributed by atoms with Gasteiger partial charge in [0.05, 0.1) is 22.8 Å². The normalized spacial score (nSPS) is 10.7. The summed E-state index contributed by atoms with van der Waals surface area (Å²) in [5, 5.41) is 8.27. The molecule has 0 N–H and O–H groups in total. The minimum atomic E-state index is -4.99. The Labute approximate surface area is 111 Å². The minimum Gasteiger partial charge on any atom is -0.462 e. The van der Waals surface area contributed by atoms with E-state index in [-0.39, 0.29) is 12.2 Å². The van der Waals surface area contributed by atoms with Gasteiger partial charge in [0.1, 0.15) is 6.07 Å². The van der Waals surface area contributed by atoms with Crippen molar-refractivity contribution in [2.45, 2.75) is 13.3 Å². The van der Waals surface area contributed by atoms with Crippen LogP contribution >= 0.6 is 11.6 Å². The van der Waals surface area contributed by atoms with Gasteiger partial charge in [-0.25, -0.2) is 4.79 Å². The van der Waals surface area contributed by atoms with Gasteiger partial charge >= 0.3 is 12.3 Å². The SMILES string of the molecule is CCOC(=O)c1cc(Cl)c(OC(F)(F)F)c(C#N)c1. The van der Waals surface area contributed by atoms with Crippen molar-refractivity contribution in [3.05, 3.63) is 28.3 Å². The molecule has 0 heterocycles. The molecule has 0 aliphatic heterocycles. The summed E-state index contributed by atoms with van der Waals surface area (Å²) in [6.07, 6.45) is -4.99. The highest BCUT2D eigenvalue weighted by atomic mass is 35.5. The van der Waals surface area contributed by atoms with Crippen LogP contribution in [0.4, 0.5) is 13.2 Å². The van der Waals surface area contributed by atoms with Crippen LogP contribution in [-0.4, -0.2) is 18.9 Å². The third kappa shape index (κ3) is 4.03. The summed E-state index contributed by atoms with van der Waals surface area (Å²) in [4.78, 5) is 11.4. The number of hydrogen-bond acceptors (Lipinski definition) is 4. The fourth-order valence-corrected chi connectivity index (χ4v) is 1.49. The third-order valence-electron chi connectivity index (χ3n) is 1.89. The van der Waals surface area contributed by atoms with Gasteiger partial charge in [-0.15, -0.1) is 13.2 Å². The lowest BCUT2D eigenvalue weighted by Crippen LogP contribution is -2.18. The van der Waals surface area contributed by atoms with E-state index in [1.807, 2.05) is 0 Å². The number of benzene rings is 1. The first kappa shape index (κ1) is 15.1. The van der Waals surface area contributed by atoms with Crippen LogP contribution in [0.15, 0.2) is 12.1 Å². The number of halogens is 4. The van der Waals surface area contributed by atoms with E-state index in [4.69, 9.17) is 16.9 Å². The number of alkyl halides is 3. The molecule has 1 rings (SSSR count). The van der Waals surface area contributed by atoms with Crippen LogP contribution in [0.3, 0.4) is 0 Å². The number of rotatable bonds is 3. The lowest BCUT2D eigenvalue weighted by atomic mass is 10.1. The standard InChI is InChI=1S/C11H7ClF3NO3/c1-2-18-10(17)6-3-7(5-16)9(8(12)4-6)19-11(13,14)15/h3-4H,2H2,1H3. The molecule has 0 bridgehead atoms. The van der Waals surface area contributed by atoms with Crippen LogP contribution in [0.2, 0.25) is 5.02 Å². The van der Waals surface area contributed by atoms with Crippen LogP contribution in [0.5, 0.6) is 5.75 Å².